The highest BCUT2D eigenvalue weighted by Gasteiger charge is 2.30. The third kappa shape index (κ3) is 3.51. The molecule has 1 aromatic heterocycles. The van der Waals surface area contributed by atoms with E-state index in [1.54, 1.807) is 0 Å². The molecule has 0 saturated carbocycles. The van der Waals surface area contributed by atoms with Crippen molar-refractivity contribution in [3.63, 3.8) is 0 Å². The van der Waals surface area contributed by atoms with Gasteiger partial charge in [-0.2, -0.15) is 0 Å². The van der Waals surface area contributed by atoms with E-state index in [0.717, 1.165) is 28.9 Å². The molecule has 1 saturated heterocycles. The number of halogens is 2. The fourth-order valence-corrected chi connectivity index (χ4v) is 3.84. The van der Waals surface area contributed by atoms with E-state index in [1.807, 2.05) is 29.2 Å². The first-order chi connectivity index (χ1) is 13.0. The van der Waals surface area contributed by atoms with Crippen molar-refractivity contribution in [1.29, 1.82) is 0 Å². The maximum atomic E-state index is 13.5. The molecule has 0 bridgehead atoms. The van der Waals surface area contributed by atoms with Crippen LogP contribution in [-0.2, 0) is 11.3 Å². The van der Waals surface area contributed by atoms with Crippen molar-refractivity contribution in [3.05, 3.63) is 75.0 Å². The molecule has 0 N–H and O–H groups in total. The molecule has 5 nitrogen and oxygen atoms in total. The molecule has 0 spiro atoms. The monoisotopic (exact) mass is 429 g/mol. The fourth-order valence-electron chi connectivity index (χ4n) is 3.58. The summed E-state index contributed by atoms with van der Waals surface area (Å²) in [6, 6.07) is 11.8. The summed E-state index contributed by atoms with van der Waals surface area (Å²) in [5, 5.41) is 0.177. The van der Waals surface area contributed by atoms with Crippen LogP contribution >= 0.6 is 15.9 Å². The van der Waals surface area contributed by atoms with Crippen LogP contribution in [0.4, 0.5) is 4.39 Å². The van der Waals surface area contributed by atoms with E-state index in [2.05, 4.69) is 20.9 Å². The standard InChI is InChI=1S/C20H17BrFN3O2/c21-14-5-3-13(4-6-14)18-2-1-9-25(18)19(26)11-24-12-23-17-8-7-15(22)10-16(17)20(24)27/h3-8,10,12,18H,1-2,9,11H2. The van der Waals surface area contributed by atoms with Crippen LogP contribution in [0.25, 0.3) is 10.9 Å². The van der Waals surface area contributed by atoms with Crippen LogP contribution in [0.15, 0.2) is 58.1 Å². The average molecular weight is 430 g/mol. The molecule has 1 amide bonds. The lowest BCUT2D eigenvalue weighted by molar-refractivity contribution is -0.132. The third-order valence-electron chi connectivity index (χ3n) is 4.92. The second-order valence-electron chi connectivity index (χ2n) is 6.64. The first-order valence-corrected chi connectivity index (χ1v) is 9.52. The molecule has 1 fully saturated rings. The number of hydrogen-bond acceptors (Lipinski definition) is 3. The van der Waals surface area contributed by atoms with E-state index < -0.39 is 11.4 Å². The van der Waals surface area contributed by atoms with E-state index in [4.69, 9.17) is 0 Å². The van der Waals surface area contributed by atoms with E-state index in [9.17, 15) is 14.0 Å². The Morgan fingerprint density at radius 3 is 2.78 bits per heavy atom. The van der Waals surface area contributed by atoms with Crippen LogP contribution in [0.5, 0.6) is 0 Å². The Kier molecular flexibility index (Phi) is 4.78. The van der Waals surface area contributed by atoms with Crippen LogP contribution < -0.4 is 5.56 Å². The Labute approximate surface area is 163 Å². The van der Waals surface area contributed by atoms with E-state index in [0.29, 0.717) is 12.1 Å². The number of benzene rings is 2. The molecule has 2 aromatic carbocycles. The summed E-state index contributed by atoms with van der Waals surface area (Å²) < 4.78 is 15.7. The zero-order valence-electron chi connectivity index (χ0n) is 14.4. The predicted molar refractivity (Wildman–Crippen MR) is 104 cm³/mol. The van der Waals surface area contributed by atoms with Crippen molar-refractivity contribution < 1.29 is 9.18 Å². The van der Waals surface area contributed by atoms with Crippen LogP contribution in [0.3, 0.4) is 0 Å². The Hall–Kier alpha value is -2.54. The molecule has 1 aliphatic heterocycles. The number of fused-ring (bicyclic) bond motifs is 1. The summed E-state index contributed by atoms with van der Waals surface area (Å²) in [5.41, 5.74) is 1.08. The van der Waals surface area contributed by atoms with Gasteiger partial charge >= 0.3 is 0 Å². The van der Waals surface area contributed by atoms with Gasteiger partial charge in [0.05, 0.1) is 23.3 Å². The van der Waals surface area contributed by atoms with Crippen LogP contribution in [-0.4, -0.2) is 26.9 Å². The predicted octanol–water partition coefficient (Wildman–Crippen LogP) is 3.66. The third-order valence-corrected chi connectivity index (χ3v) is 5.45. The van der Waals surface area contributed by atoms with Crippen LogP contribution in [0.2, 0.25) is 0 Å². The van der Waals surface area contributed by atoms with Gasteiger partial charge in [-0.3, -0.25) is 14.2 Å². The number of carbonyl (C=O) groups excluding carboxylic acids is 1. The molecule has 1 atom stereocenters. The lowest BCUT2D eigenvalue weighted by Crippen LogP contribution is -2.36. The number of aromatic nitrogens is 2. The number of carbonyl (C=O) groups is 1. The first kappa shape index (κ1) is 17.9. The number of likely N-dealkylation sites (tertiary alicyclic amines) is 1. The maximum absolute atomic E-state index is 13.5. The van der Waals surface area contributed by atoms with Gasteiger partial charge in [-0.05, 0) is 48.7 Å². The molecule has 138 valence electrons. The minimum atomic E-state index is -0.500. The molecule has 27 heavy (non-hydrogen) atoms. The van der Waals surface area contributed by atoms with E-state index in [1.165, 1.54) is 23.0 Å². The molecular formula is C20H17BrFN3O2. The maximum Gasteiger partial charge on any atom is 0.261 e. The van der Waals surface area contributed by atoms with Crippen molar-refractivity contribution in [2.45, 2.75) is 25.4 Å². The summed E-state index contributed by atoms with van der Waals surface area (Å²) in [6.07, 6.45) is 3.16. The molecular weight excluding hydrogens is 413 g/mol. The summed E-state index contributed by atoms with van der Waals surface area (Å²) in [4.78, 5) is 31.5. The normalized spacial score (nSPS) is 16.8. The molecule has 4 rings (SSSR count). The largest absolute Gasteiger partial charge is 0.334 e. The Morgan fingerprint density at radius 1 is 1.22 bits per heavy atom. The van der Waals surface area contributed by atoms with Gasteiger partial charge in [0.25, 0.3) is 5.56 Å². The number of hydrogen-bond donors (Lipinski definition) is 0. The molecule has 1 unspecified atom stereocenters. The number of rotatable bonds is 3. The summed E-state index contributed by atoms with van der Waals surface area (Å²) in [7, 11) is 0. The summed E-state index contributed by atoms with van der Waals surface area (Å²) in [5.74, 6) is -0.639. The minimum absolute atomic E-state index is 0.00663. The Balaban J connectivity index is 1.60. The van der Waals surface area contributed by atoms with Gasteiger partial charge in [-0.15, -0.1) is 0 Å². The van der Waals surface area contributed by atoms with Gasteiger partial charge in [0.2, 0.25) is 5.91 Å². The second kappa shape index (κ2) is 7.23. The van der Waals surface area contributed by atoms with Crippen molar-refractivity contribution in [2.24, 2.45) is 0 Å². The number of amides is 1. The SMILES string of the molecule is O=C(Cn1cnc2ccc(F)cc2c1=O)N1CCCC1c1ccc(Br)cc1. The molecule has 3 aromatic rings. The lowest BCUT2D eigenvalue weighted by atomic mass is 10.0. The van der Waals surface area contributed by atoms with Gasteiger partial charge < -0.3 is 4.90 Å². The highest BCUT2D eigenvalue weighted by molar-refractivity contribution is 9.10. The lowest BCUT2D eigenvalue weighted by Gasteiger charge is -2.25. The first-order valence-electron chi connectivity index (χ1n) is 8.72. The smallest absolute Gasteiger partial charge is 0.261 e. The molecule has 0 aliphatic carbocycles. The second-order valence-corrected chi connectivity index (χ2v) is 7.55. The van der Waals surface area contributed by atoms with Crippen LogP contribution in [0.1, 0.15) is 24.4 Å². The highest BCUT2D eigenvalue weighted by atomic mass is 79.9. The molecule has 1 aliphatic rings. The zero-order valence-corrected chi connectivity index (χ0v) is 16.0. The average Bonchev–Trinajstić information content (AvgIpc) is 3.15. The number of nitrogens with zero attached hydrogens (tertiary/aromatic N) is 3. The zero-order chi connectivity index (χ0) is 19.0. The van der Waals surface area contributed by atoms with Crippen molar-refractivity contribution in [3.8, 4) is 0 Å². The topological polar surface area (TPSA) is 55.2 Å². The van der Waals surface area contributed by atoms with Gasteiger partial charge in [0, 0.05) is 11.0 Å². The van der Waals surface area contributed by atoms with Crippen molar-refractivity contribution in [2.75, 3.05) is 6.54 Å². The van der Waals surface area contributed by atoms with E-state index >= 15 is 0 Å². The summed E-state index contributed by atoms with van der Waals surface area (Å²) >= 11 is 3.42. The van der Waals surface area contributed by atoms with Gasteiger partial charge in [-0.25, -0.2) is 9.37 Å². The van der Waals surface area contributed by atoms with Crippen molar-refractivity contribution in [1.82, 2.24) is 14.5 Å². The van der Waals surface area contributed by atoms with Crippen molar-refractivity contribution >= 4 is 32.7 Å². The molecule has 2 heterocycles. The minimum Gasteiger partial charge on any atom is -0.334 e. The molecule has 0 radical (unpaired) electrons. The van der Waals surface area contributed by atoms with Gasteiger partial charge in [0.1, 0.15) is 12.4 Å². The van der Waals surface area contributed by atoms with Gasteiger partial charge in [0.15, 0.2) is 0 Å². The fraction of sp³-hybridized carbons (Fsp3) is 0.250. The Morgan fingerprint density at radius 2 is 2.00 bits per heavy atom. The quantitative estimate of drug-likeness (QED) is 0.638. The highest BCUT2D eigenvalue weighted by Crippen LogP contribution is 2.32. The van der Waals surface area contributed by atoms with Gasteiger partial charge in [-0.1, -0.05) is 28.1 Å². The Bertz CT molecular complexity index is 1070. The molecule has 7 heteroatoms. The van der Waals surface area contributed by atoms with Crippen LogP contribution in [0, 0.1) is 5.82 Å². The summed E-state index contributed by atoms with van der Waals surface area (Å²) in [6.45, 7) is 0.551. The van der Waals surface area contributed by atoms with E-state index in [-0.39, 0.29) is 23.9 Å².